The summed E-state index contributed by atoms with van der Waals surface area (Å²) in [7, 11) is 0. The van der Waals surface area contributed by atoms with E-state index in [0.717, 1.165) is 0 Å². The molecule has 0 saturated carbocycles. The summed E-state index contributed by atoms with van der Waals surface area (Å²) in [4.78, 5) is 19.1. The zero-order chi connectivity index (χ0) is 17.8. The first-order valence-corrected chi connectivity index (χ1v) is 7.91. The Hall–Kier alpha value is -2.87. The molecule has 2 aromatic heterocycles. The zero-order valence-corrected chi connectivity index (χ0v) is 13.8. The van der Waals surface area contributed by atoms with Crippen molar-refractivity contribution in [2.45, 2.75) is 13.0 Å². The molecule has 7 nitrogen and oxygen atoms in total. The van der Waals surface area contributed by atoms with Crippen molar-refractivity contribution in [3.05, 3.63) is 47.5 Å². The van der Waals surface area contributed by atoms with Crippen LogP contribution in [0.15, 0.2) is 36.7 Å². The second kappa shape index (κ2) is 7.35. The summed E-state index contributed by atoms with van der Waals surface area (Å²) in [5.41, 5.74) is 1.16. The highest BCUT2D eigenvalue weighted by Crippen LogP contribution is 2.25. The molecule has 2 heterocycles. The molecule has 130 valence electrons. The van der Waals surface area contributed by atoms with E-state index in [1.54, 1.807) is 24.5 Å². The van der Waals surface area contributed by atoms with Gasteiger partial charge in [-0.2, -0.15) is 4.98 Å². The SMILES string of the molecule is O=C(O)NCCCn1cc(Cl)c2cnc(Nc3cccc(F)c3)nc21. The largest absolute Gasteiger partial charge is 0.465 e. The lowest BCUT2D eigenvalue weighted by molar-refractivity contribution is 0.194. The maximum atomic E-state index is 13.3. The van der Waals surface area contributed by atoms with Gasteiger partial charge in [0, 0.05) is 31.2 Å². The van der Waals surface area contributed by atoms with E-state index in [4.69, 9.17) is 16.7 Å². The van der Waals surface area contributed by atoms with E-state index < -0.39 is 6.09 Å². The van der Waals surface area contributed by atoms with E-state index >= 15 is 0 Å². The van der Waals surface area contributed by atoms with Crippen molar-refractivity contribution in [3.63, 3.8) is 0 Å². The van der Waals surface area contributed by atoms with Crippen LogP contribution in [0, 0.1) is 5.82 Å². The van der Waals surface area contributed by atoms with E-state index in [0.29, 0.717) is 47.2 Å². The lowest BCUT2D eigenvalue weighted by Gasteiger charge is -2.07. The molecular weight excluding hydrogens is 349 g/mol. The van der Waals surface area contributed by atoms with Crippen LogP contribution in [-0.2, 0) is 6.54 Å². The molecule has 0 aliphatic rings. The third-order valence-electron chi connectivity index (χ3n) is 3.50. The summed E-state index contributed by atoms with van der Waals surface area (Å²) in [6.07, 6.45) is 2.86. The van der Waals surface area contributed by atoms with Crippen LogP contribution in [0.4, 0.5) is 20.8 Å². The third-order valence-corrected chi connectivity index (χ3v) is 3.80. The normalized spacial score (nSPS) is 10.8. The molecule has 0 atom stereocenters. The van der Waals surface area contributed by atoms with Crippen molar-refractivity contribution in [3.8, 4) is 0 Å². The van der Waals surface area contributed by atoms with Crippen molar-refractivity contribution in [2.75, 3.05) is 11.9 Å². The number of carboxylic acid groups (broad SMARTS) is 1. The number of nitrogens with zero attached hydrogens (tertiary/aromatic N) is 3. The van der Waals surface area contributed by atoms with Gasteiger partial charge >= 0.3 is 6.09 Å². The first-order chi connectivity index (χ1) is 12.0. The van der Waals surface area contributed by atoms with Gasteiger partial charge in [-0.15, -0.1) is 0 Å². The molecule has 0 aliphatic heterocycles. The molecule has 0 unspecified atom stereocenters. The predicted molar refractivity (Wildman–Crippen MR) is 92.9 cm³/mol. The average molecular weight is 364 g/mol. The number of carbonyl (C=O) groups is 1. The Bertz CT molecular complexity index is 915. The van der Waals surface area contributed by atoms with Crippen LogP contribution in [0.3, 0.4) is 0 Å². The average Bonchev–Trinajstić information content (AvgIpc) is 2.87. The number of nitrogens with one attached hydrogen (secondary N) is 2. The number of fused-ring (bicyclic) bond motifs is 1. The van der Waals surface area contributed by atoms with Crippen LogP contribution in [0.5, 0.6) is 0 Å². The van der Waals surface area contributed by atoms with Crippen LogP contribution in [0.1, 0.15) is 6.42 Å². The second-order valence-corrected chi connectivity index (χ2v) is 5.73. The molecule has 0 bridgehead atoms. The number of amides is 1. The lowest BCUT2D eigenvalue weighted by Crippen LogP contribution is -2.22. The number of halogens is 2. The molecule has 3 rings (SSSR count). The number of aromatic nitrogens is 3. The standard InChI is InChI=1S/C16H15ClFN5O2/c17-13-9-23(6-2-5-19-16(24)25)14-12(13)8-20-15(22-14)21-11-4-1-3-10(18)7-11/h1,3-4,7-9,19H,2,5-6H2,(H,24,25)(H,20,21,22). The molecule has 25 heavy (non-hydrogen) atoms. The Kier molecular flexibility index (Phi) is 4.99. The van der Waals surface area contributed by atoms with Gasteiger partial charge in [-0.1, -0.05) is 17.7 Å². The van der Waals surface area contributed by atoms with Gasteiger partial charge in [0.1, 0.15) is 11.5 Å². The van der Waals surface area contributed by atoms with Gasteiger partial charge in [0.05, 0.1) is 10.4 Å². The highest BCUT2D eigenvalue weighted by molar-refractivity contribution is 6.35. The molecule has 9 heteroatoms. The first-order valence-electron chi connectivity index (χ1n) is 7.54. The highest BCUT2D eigenvalue weighted by Gasteiger charge is 2.11. The van der Waals surface area contributed by atoms with Crippen LogP contribution >= 0.6 is 11.6 Å². The minimum absolute atomic E-state index is 0.317. The monoisotopic (exact) mass is 363 g/mol. The van der Waals surface area contributed by atoms with Gasteiger partial charge in [0.25, 0.3) is 0 Å². The Morgan fingerprint density at radius 2 is 2.24 bits per heavy atom. The summed E-state index contributed by atoms with van der Waals surface area (Å²) >= 11 is 6.19. The molecule has 0 fully saturated rings. The number of anilines is 2. The third kappa shape index (κ3) is 4.16. The van der Waals surface area contributed by atoms with E-state index in [2.05, 4.69) is 20.6 Å². The van der Waals surface area contributed by atoms with E-state index in [-0.39, 0.29) is 5.82 Å². The second-order valence-electron chi connectivity index (χ2n) is 5.32. The number of aryl methyl sites for hydroxylation is 1. The summed E-state index contributed by atoms with van der Waals surface area (Å²) < 4.78 is 15.1. The zero-order valence-electron chi connectivity index (χ0n) is 13.0. The molecule has 3 aromatic rings. The molecule has 3 N–H and O–H groups in total. The molecule has 0 saturated heterocycles. The summed E-state index contributed by atoms with van der Waals surface area (Å²) in [5.74, 6) is -0.0406. The molecular formula is C16H15ClFN5O2. The Balaban J connectivity index is 1.80. The maximum absolute atomic E-state index is 13.3. The van der Waals surface area contributed by atoms with Crippen molar-refractivity contribution in [1.29, 1.82) is 0 Å². The van der Waals surface area contributed by atoms with Gasteiger partial charge in [0.15, 0.2) is 0 Å². The van der Waals surface area contributed by atoms with E-state index in [1.807, 2.05) is 4.57 Å². The summed E-state index contributed by atoms with van der Waals surface area (Å²) in [5, 5.41) is 15.0. The highest BCUT2D eigenvalue weighted by atomic mass is 35.5. The van der Waals surface area contributed by atoms with Crippen molar-refractivity contribution in [1.82, 2.24) is 19.9 Å². The Labute approximate surface area is 147 Å². The fraction of sp³-hybridized carbons (Fsp3) is 0.188. The van der Waals surface area contributed by atoms with Gasteiger partial charge in [0.2, 0.25) is 5.95 Å². The summed E-state index contributed by atoms with van der Waals surface area (Å²) in [6.45, 7) is 0.867. The molecule has 0 radical (unpaired) electrons. The number of benzene rings is 1. The van der Waals surface area contributed by atoms with Crippen LogP contribution in [0.2, 0.25) is 5.02 Å². The van der Waals surface area contributed by atoms with Gasteiger partial charge in [-0.25, -0.2) is 14.2 Å². The topological polar surface area (TPSA) is 92.1 Å². The molecule has 0 aliphatic carbocycles. The van der Waals surface area contributed by atoms with E-state index in [9.17, 15) is 9.18 Å². The Morgan fingerprint density at radius 1 is 1.40 bits per heavy atom. The van der Waals surface area contributed by atoms with Crippen LogP contribution in [-0.4, -0.2) is 32.3 Å². The van der Waals surface area contributed by atoms with Gasteiger partial charge in [-0.05, 0) is 24.6 Å². The fourth-order valence-electron chi connectivity index (χ4n) is 2.40. The van der Waals surface area contributed by atoms with Crippen LogP contribution in [0.25, 0.3) is 11.0 Å². The maximum Gasteiger partial charge on any atom is 0.404 e. The molecule has 0 spiro atoms. The predicted octanol–water partition coefficient (Wildman–Crippen LogP) is 3.63. The number of rotatable bonds is 6. The van der Waals surface area contributed by atoms with Crippen LogP contribution < -0.4 is 10.6 Å². The molecule has 1 amide bonds. The lowest BCUT2D eigenvalue weighted by atomic mass is 10.3. The van der Waals surface area contributed by atoms with Gasteiger partial charge in [-0.3, -0.25) is 0 Å². The minimum Gasteiger partial charge on any atom is -0.465 e. The smallest absolute Gasteiger partial charge is 0.404 e. The molecule has 1 aromatic carbocycles. The van der Waals surface area contributed by atoms with Crippen molar-refractivity contribution in [2.24, 2.45) is 0 Å². The first kappa shape index (κ1) is 17.0. The van der Waals surface area contributed by atoms with Crippen molar-refractivity contribution < 1.29 is 14.3 Å². The summed E-state index contributed by atoms with van der Waals surface area (Å²) in [6, 6.07) is 5.99. The van der Waals surface area contributed by atoms with E-state index in [1.165, 1.54) is 12.1 Å². The quantitative estimate of drug-likeness (QED) is 0.582. The van der Waals surface area contributed by atoms with Gasteiger partial charge < -0.3 is 20.3 Å². The fourth-order valence-corrected chi connectivity index (χ4v) is 2.65. The number of hydrogen-bond donors (Lipinski definition) is 3. The Morgan fingerprint density at radius 3 is 3.00 bits per heavy atom. The number of hydrogen-bond acceptors (Lipinski definition) is 4. The minimum atomic E-state index is -1.06. The van der Waals surface area contributed by atoms with Crippen molar-refractivity contribution >= 4 is 40.4 Å².